The van der Waals surface area contributed by atoms with Crippen molar-refractivity contribution in [1.82, 2.24) is 4.98 Å². The first kappa shape index (κ1) is 8.51. The summed E-state index contributed by atoms with van der Waals surface area (Å²) in [6.07, 6.45) is 3.87. The minimum absolute atomic E-state index is 0.414. The van der Waals surface area contributed by atoms with E-state index < -0.39 is 0 Å². The van der Waals surface area contributed by atoms with Gasteiger partial charge in [-0.15, -0.1) is 0 Å². The van der Waals surface area contributed by atoms with Crippen LogP contribution in [0.1, 0.15) is 6.92 Å². The first-order chi connectivity index (χ1) is 6.36. The summed E-state index contributed by atoms with van der Waals surface area (Å²) in [6, 6.07) is 3.78. The molecule has 0 spiro atoms. The topological polar surface area (TPSA) is 34.6 Å². The van der Waals surface area contributed by atoms with Crippen molar-refractivity contribution in [1.29, 1.82) is 0 Å². The minimum atomic E-state index is 0.414. The van der Waals surface area contributed by atoms with Gasteiger partial charge in [0.2, 0.25) is 0 Å². The van der Waals surface area contributed by atoms with Gasteiger partial charge < -0.3 is 9.47 Å². The Labute approximate surface area is 77.7 Å². The third-order valence-corrected chi connectivity index (χ3v) is 2.14. The van der Waals surface area contributed by atoms with Gasteiger partial charge in [0, 0.05) is 12.1 Å². The Hall–Kier alpha value is -1.09. The Morgan fingerprint density at radius 3 is 3.23 bits per heavy atom. The highest BCUT2D eigenvalue weighted by Gasteiger charge is 2.29. The fourth-order valence-electron chi connectivity index (χ4n) is 1.15. The van der Waals surface area contributed by atoms with Crippen LogP contribution >= 0.6 is 0 Å². The molecule has 13 heavy (non-hydrogen) atoms. The predicted molar refractivity (Wildman–Crippen MR) is 48.6 cm³/mol. The van der Waals surface area contributed by atoms with Gasteiger partial charge in [0.05, 0.1) is 25.5 Å². The lowest BCUT2D eigenvalue weighted by molar-refractivity contribution is 0.222. The number of rotatable bonds is 4. The van der Waals surface area contributed by atoms with Crippen LogP contribution in [0.15, 0.2) is 24.5 Å². The number of nitrogens with zero attached hydrogens (tertiary/aromatic N) is 1. The summed E-state index contributed by atoms with van der Waals surface area (Å²) in [5, 5.41) is 0. The lowest BCUT2D eigenvalue weighted by atomic mass is 10.1. The molecular weight excluding hydrogens is 166 g/mol. The molecule has 70 valence electrons. The van der Waals surface area contributed by atoms with Crippen molar-refractivity contribution in [3.8, 4) is 5.75 Å². The van der Waals surface area contributed by atoms with Crippen LogP contribution < -0.4 is 4.74 Å². The highest BCUT2D eigenvalue weighted by atomic mass is 16.6. The zero-order valence-electron chi connectivity index (χ0n) is 7.64. The lowest BCUT2D eigenvalue weighted by Crippen LogP contribution is -2.14. The van der Waals surface area contributed by atoms with E-state index in [4.69, 9.17) is 9.47 Å². The molecule has 3 nitrogen and oxygen atoms in total. The number of aromatic nitrogens is 1. The summed E-state index contributed by atoms with van der Waals surface area (Å²) in [5.74, 6) is 1.30. The Bertz CT molecular complexity index is 259. The first-order valence-corrected chi connectivity index (χ1v) is 4.50. The number of pyridine rings is 1. The second-order valence-corrected chi connectivity index (χ2v) is 3.35. The average molecular weight is 179 g/mol. The maximum Gasteiger partial charge on any atom is 0.137 e. The van der Waals surface area contributed by atoms with Gasteiger partial charge in [-0.1, -0.05) is 6.92 Å². The standard InChI is InChI=1S/C10H13NO2/c1-8(10-7-13-10)6-12-9-3-2-4-11-5-9/h2-5,8,10H,6-7H2,1H3. The Kier molecular flexibility index (Phi) is 2.45. The third kappa shape index (κ3) is 2.42. The molecule has 1 saturated heterocycles. The summed E-state index contributed by atoms with van der Waals surface area (Å²) < 4.78 is 10.7. The summed E-state index contributed by atoms with van der Waals surface area (Å²) in [6.45, 7) is 3.72. The molecule has 1 aliphatic heterocycles. The molecule has 1 aromatic rings. The molecule has 1 fully saturated rings. The van der Waals surface area contributed by atoms with Gasteiger partial charge in [-0.05, 0) is 12.1 Å². The van der Waals surface area contributed by atoms with E-state index in [1.54, 1.807) is 12.4 Å². The molecule has 2 heterocycles. The number of hydrogen-bond acceptors (Lipinski definition) is 3. The summed E-state index contributed by atoms with van der Waals surface area (Å²) >= 11 is 0. The summed E-state index contributed by atoms with van der Waals surface area (Å²) in [4.78, 5) is 3.97. The third-order valence-electron chi connectivity index (χ3n) is 2.14. The Balaban J connectivity index is 1.78. The van der Waals surface area contributed by atoms with Crippen LogP contribution in [0.2, 0.25) is 0 Å². The molecule has 3 heteroatoms. The molecule has 2 unspecified atom stereocenters. The normalized spacial score (nSPS) is 22.4. The molecule has 1 aromatic heterocycles. The van der Waals surface area contributed by atoms with Gasteiger partial charge in [0.15, 0.2) is 0 Å². The van der Waals surface area contributed by atoms with Gasteiger partial charge >= 0.3 is 0 Å². The maximum absolute atomic E-state index is 5.53. The summed E-state index contributed by atoms with van der Waals surface area (Å²) in [5.41, 5.74) is 0. The molecule has 0 N–H and O–H groups in total. The van der Waals surface area contributed by atoms with Gasteiger partial charge in [-0.25, -0.2) is 0 Å². The van der Waals surface area contributed by atoms with Crippen molar-refractivity contribution >= 4 is 0 Å². The molecule has 2 rings (SSSR count). The van der Waals surface area contributed by atoms with E-state index in [2.05, 4.69) is 11.9 Å². The van der Waals surface area contributed by atoms with Gasteiger partial charge in [-0.3, -0.25) is 4.98 Å². The largest absolute Gasteiger partial charge is 0.492 e. The van der Waals surface area contributed by atoms with Crippen molar-refractivity contribution in [2.45, 2.75) is 13.0 Å². The minimum Gasteiger partial charge on any atom is -0.492 e. The van der Waals surface area contributed by atoms with Crippen LogP contribution in [-0.2, 0) is 4.74 Å². The van der Waals surface area contributed by atoms with Crippen LogP contribution in [0.3, 0.4) is 0 Å². The molecule has 0 amide bonds. The zero-order chi connectivity index (χ0) is 9.10. The quantitative estimate of drug-likeness (QED) is 0.657. The van der Waals surface area contributed by atoms with E-state index in [-0.39, 0.29) is 0 Å². The predicted octanol–water partition coefficient (Wildman–Crippen LogP) is 1.50. The molecule has 2 atom stereocenters. The molecule has 1 aliphatic rings. The second-order valence-electron chi connectivity index (χ2n) is 3.35. The van der Waals surface area contributed by atoms with E-state index in [1.807, 2.05) is 12.1 Å². The van der Waals surface area contributed by atoms with Crippen LogP contribution in [0, 0.1) is 5.92 Å². The number of hydrogen-bond donors (Lipinski definition) is 0. The van der Waals surface area contributed by atoms with E-state index >= 15 is 0 Å². The van der Waals surface area contributed by atoms with Crippen LogP contribution in [0.25, 0.3) is 0 Å². The SMILES string of the molecule is CC(COc1cccnc1)C1CO1. The van der Waals surface area contributed by atoms with Crippen LogP contribution in [-0.4, -0.2) is 24.3 Å². The first-order valence-electron chi connectivity index (χ1n) is 4.50. The smallest absolute Gasteiger partial charge is 0.137 e. The number of epoxide rings is 1. The van der Waals surface area contributed by atoms with E-state index in [0.717, 1.165) is 12.4 Å². The molecule has 0 saturated carbocycles. The fraction of sp³-hybridized carbons (Fsp3) is 0.500. The highest BCUT2D eigenvalue weighted by molar-refractivity contribution is 5.15. The molecule has 0 radical (unpaired) electrons. The maximum atomic E-state index is 5.53. The van der Waals surface area contributed by atoms with Crippen molar-refractivity contribution in [3.63, 3.8) is 0 Å². The van der Waals surface area contributed by atoms with Crippen molar-refractivity contribution < 1.29 is 9.47 Å². The van der Waals surface area contributed by atoms with Crippen molar-refractivity contribution in [2.75, 3.05) is 13.2 Å². The monoisotopic (exact) mass is 179 g/mol. The van der Waals surface area contributed by atoms with Crippen molar-refractivity contribution in [3.05, 3.63) is 24.5 Å². The zero-order valence-corrected chi connectivity index (χ0v) is 7.64. The van der Waals surface area contributed by atoms with Gasteiger partial charge in [-0.2, -0.15) is 0 Å². The fourth-order valence-corrected chi connectivity index (χ4v) is 1.15. The molecule has 0 aromatic carbocycles. The Morgan fingerprint density at radius 2 is 2.62 bits per heavy atom. The average Bonchev–Trinajstić information content (AvgIpc) is 2.99. The van der Waals surface area contributed by atoms with Crippen molar-refractivity contribution in [2.24, 2.45) is 5.92 Å². The van der Waals surface area contributed by atoms with Crippen LogP contribution in [0.4, 0.5) is 0 Å². The lowest BCUT2D eigenvalue weighted by Gasteiger charge is -2.09. The molecular formula is C10H13NO2. The van der Waals surface area contributed by atoms with Gasteiger partial charge in [0.25, 0.3) is 0 Å². The Morgan fingerprint density at radius 1 is 1.77 bits per heavy atom. The summed E-state index contributed by atoms with van der Waals surface area (Å²) in [7, 11) is 0. The second kappa shape index (κ2) is 3.75. The van der Waals surface area contributed by atoms with Gasteiger partial charge in [0.1, 0.15) is 5.75 Å². The van der Waals surface area contributed by atoms with E-state index in [9.17, 15) is 0 Å². The molecule has 0 aliphatic carbocycles. The van der Waals surface area contributed by atoms with E-state index in [1.165, 1.54) is 0 Å². The van der Waals surface area contributed by atoms with Crippen LogP contribution in [0.5, 0.6) is 5.75 Å². The highest BCUT2D eigenvalue weighted by Crippen LogP contribution is 2.20. The van der Waals surface area contributed by atoms with E-state index in [0.29, 0.717) is 18.6 Å². The number of ether oxygens (including phenoxy) is 2. The molecule has 0 bridgehead atoms.